The van der Waals surface area contributed by atoms with Crippen LogP contribution in [0, 0.1) is 0 Å². The van der Waals surface area contributed by atoms with Gasteiger partial charge in [-0.25, -0.2) is 9.97 Å². The van der Waals surface area contributed by atoms with Crippen molar-refractivity contribution in [2.75, 3.05) is 36.7 Å². The molecule has 2 unspecified atom stereocenters. The van der Waals surface area contributed by atoms with Gasteiger partial charge in [-0.15, -0.1) is 0 Å². The minimum Gasteiger partial charge on any atom is -0.490 e. The number of thioether (sulfide) groups is 1. The molecule has 1 N–H and O–H groups in total. The van der Waals surface area contributed by atoms with Crippen LogP contribution in [0.25, 0.3) is 0 Å². The molecule has 0 saturated carbocycles. The Morgan fingerprint density at radius 2 is 2.22 bits per heavy atom. The van der Waals surface area contributed by atoms with E-state index in [1.807, 2.05) is 18.8 Å². The number of anilines is 2. The van der Waals surface area contributed by atoms with Crippen LogP contribution in [0.4, 0.5) is 11.6 Å². The van der Waals surface area contributed by atoms with Gasteiger partial charge >= 0.3 is 0 Å². The maximum Gasteiger partial charge on any atom is 0.204 e. The highest BCUT2D eigenvalue weighted by molar-refractivity contribution is 8.00. The Labute approximate surface area is 112 Å². The lowest BCUT2D eigenvalue weighted by molar-refractivity contribution is 0.410. The van der Waals surface area contributed by atoms with Gasteiger partial charge in [-0.05, 0) is 6.92 Å². The second-order valence-corrected chi connectivity index (χ2v) is 5.82. The van der Waals surface area contributed by atoms with Crippen molar-refractivity contribution in [3.63, 3.8) is 0 Å². The van der Waals surface area contributed by atoms with Gasteiger partial charge < -0.3 is 15.0 Å². The summed E-state index contributed by atoms with van der Waals surface area (Å²) < 4.78 is 5.47. The van der Waals surface area contributed by atoms with E-state index in [0.29, 0.717) is 11.3 Å². The zero-order valence-electron chi connectivity index (χ0n) is 11.3. The average molecular weight is 268 g/mol. The molecule has 0 radical (unpaired) electrons. The molecule has 18 heavy (non-hydrogen) atoms. The van der Waals surface area contributed by atoms with Gasteiger partial charge in [0.25, 0.3) is 0 Å². The van der Waals surface area contributed by atoms with Crippen LogP contribution in [-0.4, -0.2) is 47.7 Å². The van der Waals surface area contributed by atoms with Crippen molar-refractivity contribution >= 4 is 23.4 Å². The van der Waals surface area contributed by atoms with Gasteiger partial charge in [-0.1, -0.05) is 6.92 Å². The lowest BCUT2D eigenvalue weighted by Gasteiger charge is -2.38. The highest BCUT2D eigenvalue weighted by Gasteiger charge is 2.29. The third kappa shape index (κ3) is 2.34. The number of ether oxygens (including phenoxy) is 1. The van der Waals surface area contributed by atoms with Crippen LogP contribution >= 0.6 is 11.8 Å². The molecule has 1 saturated heterocycles. The third-order valence-electron chi connectivity index (χ3n) is 3.38. The molecule has 0 spiro atoms. The number of aromatic nitrogens is 2. The second-order valence-electron chi connectivity index (χ2n) is 4.34. The van der Waals surface area contributed by atoms with Crippen molar-refractivity contribution in [1.82, 2.24) is 9.97 Å². The number of hydrogen-bond acceptors (Lipinski definition) is 6. The number of rotatable bonds is 3. The van der Waals surface area contributed by atoms with Gasteiger partial charge in [0.15, 0.2) is 11.6 Å². The molecule has 5 nitrogen and oxygen atoms in total. The minimum absolute atomic E-state index is 0.442. The van der Waals surface area contributed by atoms with E-state index in [9.17, 15) is 0 Å². The molecule has 1 aromatic rings. The standard InChI is InChI=1S/C12H20N4OS/c1-8-9(2)18-6-5-16(8)12-10(17-4)11(13-3)14-7-15-12/h7-9H,5-6H2,1-4H3,(H,13,14,15). The molecule has 100 valence electrons. The molecule has 1 fully saturated rings. The minimum atomic E-state index is 0.442. The molecule has 0 amide bonds. The highest BCUT2D eigenvalue weighted by atomic mass is 32.2. The molecule has 1 aromatic heterocycles. The van der Waals surface area contributed by atoms with Crippen molar-refractivity contribution in [2.24, 2.45) is 0 Å². The Kier molecular flexibility index (Phi) is 4.16. The molecule has 1 aliphatic rings. The number of nitrogens with zero attached hydrogens (tertiary/aromatic N) is 3. The number of hydrogen-bond donors (Lipinski definition) is 1. The van der Waals surface area contributed by atoms with Gasteiger partial charge in [-0.3, -0.25) is 0 Å². The van der Waals surface area contributed by atoms with E-state index in [-0.39, 0.29) is 0 Å². The van der Waals surface area contributed by atoms with Crippen molar-refractivity contribution in [1.29, 1.82) is 0 Å². The third-order valence-corrected chi connectivity index (χ3v) is 4.72. The molecular weight excluding hydrogens is 248 g/mol. The molecule has 0 aromatic carbocycles. The van der Waals surface area contributed by atoms with Gasteiger partial charge in [0.05, 0.1) is 7.11 Å². The highest BCUT2D eigenvalue weighted by Crippen LogP contribution is 2.36. The Morgan fingerprint density at radius 1 is 1.44 bits per heavy atom. The van der Waals surface area contributed by atoms with E-state index < -0.39 is 0 Å². The topological polar surface area (TPSA) is 50.3 Å². The van der Waals surface area contributed by atoms with E-state index in [1.165, 1.54) is 0 Å². The summed E-state index contributed by atoms with van der Waals surface area (Å²) >= 11 is 2.01. The first kappa shape index (κ1) is 13.3. The van der Waals surface area contributed by atoms with E-state index in [4.69, 9.17) is 4.74 Å². The average Bonchev–Trinajstić information content (AvgIpc) is 2.41. The fraction of sp³-hybridized carbons (Fsp3) is 0.667. The summed E-state index contributed by atoms with van der Waals surface area (Å²) in [7, 11) is 3.50. The Bertz CT molecular complexity index is 415. The largest absolute Gasteiger partial charge is 0.490 e. The molecular formula is C12H20N4OS. The molecule has 6 heteroatoms. The number of methoxy groups -OCH3 is 1. The summed E-state index contributed by atoms with van der Waals surface area (Å²) in [6.07, 6.45) is 1.59. The van der Waals surface area contributed by atoms with Crippen LogP contribution in [-0.2, 0) is 0 Å². The van der Waals surface area contributed by atoms with Crippen LogP contribution in [0.5, 0.6) is 5.75 Å². The van der Waals surface area contributed by atoms with Crippen LogP contribution in [0.3, 0.4) is 0 Å². The quantitative estimate of drug-likeness (QED) is 0.903. The molecule has 0 bridgehead atoms. The van der Waals surface area contributed by atoms with Gasteiger partial charge in [0.2, 0.25) is 5.75 Å². The van der Waals surface area contributed by atoms with Gasteiger partial charge in [-0.2, -0.15) is 11.8 Å². The SMILES string of the molecule is CNc1ncnc(N2CCSC(C)C2C)c1OC. The van der Waals surface area contributed by atoms with Crippen molar-refractivity contribution < 1.29 is 4.74 Å². The van der Waals surface area contributed by atoms with Gasteiger partial charge in [0.1, 0.15) is 6.33 Å². The van der Waals surface area contributed by atoms with Crippen molar-refractivity contribution in [3.05, 3.63) is 6.33 Å². The van der Waals surface area contributed by atoms with Crippen molar-refractivity contribution in [2.45, 2.75) is 25.1 Å². The lowest BCUT2D eigenvalue weighted by atomic mass is 10.2. The van der Waals surface area contributed by atoms with Crippen LogP contribution in [0.2, 0.25) is 0 Å². The Hall–Kier alpha value is -1.17. The molecule has 2 rings (SSSR count). The van der Waals surface area contributed by atoms with E-state index in [0.717, 1.165) is 29.7 Å². The second kappa shape index (κ2) is 5.65. The normalized spacial score (nSPS) is 23.9. The van der Waals surface area contributed by atoms with Crippen LogP contribution in [0.1, 0.15) is 13.8 Å². The summed E-state index contributed by atoms with van der Waals surface area (Å²) in [6.45, 7) is 5.48. The summed E-state index contributed by atoms with van der Waals surface area (Å²) in [5.41, 5.74) is 0. The molecule has 1 aliphatic heterocycles. The summed E-state index contributed by atoms with van der Waals surface area (Å²) in [4.78, 5) is 10.9. The first-order chi connectivity index (χ1) is 8.69. The van der Waals surface area contributed by atoms with E-state index >= 15 is 0 Å². The maximum absolute atomic E-state index is 5.47. The predicted molar refractivity (Wildman–Crippen MR) is 76.9 cm³/mol. The zero-order chi connectivity index (χ0) is 13.1. The lowest BCUT2D eigenvalue weighted by Crippen LogP contribution is -2.45. The van der Waals surface area contributed by atoms with Crippen LogP contribution in [0.15, 0.2) is 6.33 Å². The summed E-state index contributed by atoms with van der Waals surface area (Å²) in [5.74, 6) is 3.47. The Balaban J connectivity index is 2.37. The smallest absolute Gasteiger partial charge is 0.204 e. The van der Waals surface area contributed by atoms with Crippen LogP contribution < -0.4 is 15.0 Å². The first-order valence-electron chi connectivity index (χ1n) is 6.14. The number of nitrogens with one attached hydrogen (secondary N) is 1. The van der Waals surface area contributed by atoms with E-state index in [2.05, 4.69) is 34.0 Å². The van der Waals surface area contributed by atoms with Gasteiger partial charge in [0, 0.05) is 30.6 Å². The fourth-order valence-corrected chi connectivity index (χ4v) is 3.27. The summed E-state index contributed by atoms with van der Waals surface area (Å²) in [5, 5.41) is 3.64. The van der Waals surface area contributed by atoms with E-state index in [1.54, 1.807) is 13.4 Å². The molecule has 0 aliphatic carbocycles. The first-order valence-corrected chi connectivity index (χ1v) is 7.19. The zero-order valence-corrected chi connectivity index (χ0v) is 12.1. The van der Waals surface area contributed by atoms with Crippen molar-refractivity contribution in [3.8, 4) is 5.75 Å². The molecule has 2 heterocycles. The summed E-state index contributed by atoms with van der Waals surface area (Å²) in [6, 6.07) is 0.442. The fourth-order valence-electron chi connectivity index (χ4n) is 2.17. The monoisotopic (exact) mass is 268 g/mol. The maximum atomic E-state index is 5.47. The predicted octanol–water partition coefficient (Wildman–Crippen LogP) is 1.86. The Morgan fingerprint density at radius 3 is 2.89 bits per heavy atom. The molecule has 2 atom stereocenters.